The van der Waals surface area contributed by atoms with E-state index in [0.29, 0.717) is 11.3 Å². The first-order valence-corrected chi connectivity index (χ1v) is 11.1. The van der Waals surface area contributed by atoms with E-state index in [9.17, 15) is 21.1 Å². The lowest BCUT2D eigenvalue weighted by Crippen LogP contribution is -2.15. The van der Waals surface area contributed by atoms with Gasteiger partial charge in [0.2, 0.25) is 0 Å². The van der Waals surface area contributed by atoms with Gasteiger partial charge in [-0.05, 0) is 48.5 Å². The Labute approximate surface area is 186 Å². The summed E-state index contributed by atoms with van der Waals surface area (Å²) < 4.78 is 81.6. The molecule has 0 fully saturated rings. The van der Waals surface area contributed by atoms with Gasteiger partial charge in [-0.3, -0.25) is 0 Å². The average molecular weight is 483 g/mol. The number of hydrogen-bond donors (Lipinski definition) is 0. The molecule has 3 aromatic rings. The minimum Gasteiger partial charge on any atom is -0.740 e. The van der Waals surface area contributed by atoms with Crippen LogP contribution in [-0.2, 0) is 21.9 Å². The Morgan fingerprint density at radius 2 is 1.38 bits per heavy atom. The van der Waals surface area contributed by atoms with E-state index in [1.165, 1.54) is 43.5 Å². The third kappa shape index (κ3) is 7.11. The van der Waals surface area contributed by atoms with Crippen LogP contribution in [0.1, 0.15) is 11.9 Å². The molecule has 170 valence electrons. The second-order valence-corrected chi connectivity index (χ2v) is 7.58. The number of benzene rings is 3. The van der Waals surface area contributed by atoms with Gasteiger partial charge in [-0.1, -0.05) is 16.0 Å². The zero-order valence-corrected chi connectivity index (χ0v) is 18.0. The number of halogens is 1. The van der Waals surface area contributed by atoms with Gasteiger partial charge in [0.1, 0.15) is 40.1 Å². The zero-order chi connectivity index (χ0) is 23.1. The maximum atomic E-state index is 12.8. The number of ether oxygens (including phenoxy) is 3. The standard InChI is InChI=1S/C20H17FO9S2/c1-26-15-10-8-14(9-11-15)20(27-16-4-2-6-18(12-16)29-31(22)23)28-17-5-3-7-19(13-17)30-32(21,24)25/h2-13,20H,1H3,(H,22,23)/p-1. The van der Waals surface area contributed by atoms with E-state index in [-0.39, 0.29) is 23.0 Å². The highest BCUT2D eigenvalue weighted by Crippen LogP contribution is 2.31. The summed E-state index contributed by atoms with van der Waals surface area (Å²) in [6.45, 7) is 0. The molecule has 0 bridgehead atoms. The summed E-state index contributed by atoms with van der Waals surface area (Å²) in [4.78, 5) is 0. The molecule has 9 nitrogen and oxygen atoms in total. The lowest BCUT2D eigenvalue weighted by molar-refractivity contribution is 0.00365. The van der Waals surface area contributed by atoms with Gasteiger partial charge in [0.05, 0.1) is 7.11 Å². The van der Waals surface area contributed by atoms with Crippen molar-refractivity contribution in [2.24, 2.45) is 0 Å². The van der Waals surface area contributed by atoms with Crippen molar-refractivity contribution in [3.63, 3.8) is 0 Å². The van der Waals surface area contributed by atoms with Crippen LogP contribution in [0.3, 0.4) is 0 Å². The molecule has 0 saturated heterocycles. The van der Waals surface area contributed by atoms with E-state index >= 15 is 0 Å². The molecule has 3 aromatic carbocycles. The minimum absolute atomic E-state index is 0.0212. The van der Waals surface area contributed by atoms with Crippen LogP contribution in [0, 0.1) is 0 Å². The van der Waals surface area contributed by atoms with Crippen molar-refractivity contribution in [3.05, 3.63) is 78.4 Å². The van der Waals surface area contributed by atoms with E-state index < -0.39 is 28.2 Å². The van der Waals surface area contributed by atoms with Gasteiger partial charge in [-0.2, -0.15) is 8.42 Å². The SMILES string of the molecule is COc1ccc(C(Oc2cccc(OS(=O)[O-])c2)Oc2cccc(OS(=O)(=O)F)c2)cc1. The first kappa shape index (κ1) is 23.3. The largest absolute Gasteiger partial charge is 0.740 e. The smallest absolute Gasteiger partial charge is 0.488 e. The summed E-state index contributed by atoms with van der Waals surface area (Å²) in [5.74, 6) is 0.636. The summed E-state index contributed by atoms with van der Waals surface area (Å²) in [5, 5.41) is 0. The average Bonchev–Trinajstić information content (AvgIpc) is 2.72. The number of rotatable bonds is 10. The molecular formula is C20H16FO9S2-. The first-order chi connectivity index (χ1) is 15.2. The quantitative estimate of drug-likeness (QED) is 0.242. The molecule has 0 saturated carbocycles. The van der Waals surface area contributed by atoms with Crippen LogP contribution in [0.15, 0.2) is 72.8 Å². The molecule has 0 radical (unpaired) electrons. The van der Waals surface area contributed by atoms with Crippen LogP contribution < -0.4 is 22.6 Å². The highest BCUT2D eigenvalue weighted by Gasteiger charge is 2.18. The Hall–Kier alpha value is -3.35. The molecule has 0 aliphatic carbocycles. The van der Waals surface area contributed by atoms with E-state index in [1.807, 2.05) is 0 Å². The van der Waals surface area contributed by atoms with Crippen molar-refractivity contribution in [2.75, 3.05) is 7.11 Å². The third-order valence-corrected chi connectivity index (χ3v) is 4.57. The van der Waals surface area contributed by atoms with E-state index in [0.717, 1.165) is 6.07 Å². The van der Waals surface area contributed by atoms with Gasteiger partial charge in [0, 0.05) is 17.7 Å². The van der Waals surface area contributed by atoms with Crippen LogP contribution in [0.5, 0.6) is 28.7 Å². The van der Waals surface area contributed by atoms with Crippen LogP contribution in [0.25, 0.3) is 0 Å². The van der Waals surface area contributed by atoms with Crippen LogP contribution in [0.2, 0.25) is 0 Å². The van der Waals surface area contributed by atoms with Gasteiger partial charge < -0.3 is 27.1 Å². The van der Waals surface area contributed by atoms with Crippen molar-refractivity contribution in [1.82, 2.24) is 0 Å². The van der Waals surface area contributed by atoms with E-state index in [1.54, 1.807) is 30.3 Å². The van der Waals surface area contributed by atoms with Gasteiger partial charge in [-0.25, -0.2) is 4.21 Å². The molecule has 0 amide bonds. The molecule has 0 aliphatic rings. The van der Waals surface area contributed by atoms with Crippen LogP contribution in [0.4, 0.5) is 3.89 Å². The monoisotopic (exact) mass is 483 g/mol. The van der Waals surface area contributed by atoms with Gasteiger partial charge >= 0.3 is 10.5 Å². The lowest BCUT2D eigenvalue weighted by atomic mass is 10.2. The maximum Gasteiger partial charge on any atom is 0.488 e. The van der Waals surface area contributed by atoms with Crippen molar-refractivity contribution in [1.29, 1.82) is 0 Å². The molecule has 0 heterocycles. The molecular weight excluding hydrogens is 467 g/mol. The number of hydrogen-bond acceptors (Lipinski definition) is 9. The molecule has 0 N–H and O–H groups in total. The second kappa shape index (κ2) is 10.3. The van der Waals surface area contributed by atoms with Crippen molar-refractivity contribution >= 4 is 21.9 Å². The highest BCUT2D eigenvalue weighted by molar-refractivity contribution is 7.81. The Kier molecular flexibility index (Phi) is 7.51. The number of methoxy groups -OCH3 is 1. The Morgan fingerprint density at radius 3 is 1.91 bits per heavy atom. The third-order valence-electron chi connectivity index (χ3n) is 3.85. The molecule has 0 aromatic heterocycles. The molecule has 2 atom stereocenters. The fourth-order valence-electron chi connectivity index (χ4n) is 2.56. The summed E-state index contributed by atoms with van der Waals surface area (Å²) >= 11 is -2.76. The van der Waals surface area contributed by atoms with Crippen molar-refractivity contribution in [2.45, 2.75) is 6.29 Å². The van der Waals surface area contributed by atoms with Gasteiger partial charge in [0.25, 0.3) is 6.29 Å². The normalized spacial score (nSPS) is 13.0. The Bertz CT molecular complexity index is 1180. The molecule has 32 heavy (non-hydrogen) atoms. The molecule has 12 heteroatoms. The second-order valence-electron chi connectivity index (χ2n) is 6.05. The highest BCUT2D eigenvalue weighted by atomic mass is 32.3. The minimum atomic E-state index is -5.21. The molecule has 0 aliphatic heterocycles. The van der Waals surface area contributed by atoms with Crippen molar-refractivity contribution in [3.8, 4) is 28.7 Å². The van der Waals surface area contributed by atoms with Crippen molar-refractivity contribution < 1.29 is 43.6 Å². The van der Waals surface area contributed by atoms with Crippen LogP contribution >= 0.6 is 0 Å². The van der Waals surface area contributed by atoms with Crippen LogP contribution in [-0.4, -0.2) is 24.3 Å². The Balaban J connectivity index is 1.89. The summed E-state index contributed by atoms with van der Waals surface area (Å²) in [5.41, 5.74) is 0.536. The zero-order valence-electron chi connectivity index (χ0n) is 16.4. The molecule has 0 spiro atoms. The summed E-state index contributed by atoms with van der Waals surface area (Å²) in [6.07, 6.45) is -1.08. The topological polar surface area (TPSA) is 120 Å². The van der Waals surface area contributed by atoms with E-state index in [4.69, 9.17) is 14.2 Å². The summed E-state index contributed by atoms with van der Waals surface area (Å²) in [6, 6.07) is 17.8. The fourth-order valence-corrected chi connectivity index (χ4v) is 3.15. The predicted octanol–water partition coefficient (Wildman–Crippen LogP) is 3.62. The Morgan fingerprint density at radius 1 is 0.844 bits per heavy atom. The van der Waals surface area contributed by atoms with E-state index in [2.05, 4.69) is 8.37 Å². The van der Waals surface area contributed by atoms with Gasteiger partial charge in [0.15, 0.2) is 0 Å². The maximum absolute atomic E-state index is 12.8. The predicted molar refractivity (Wildman–Crippen MR) is 110 cm³/mol. The summed E-state index contributed by atoms with van der Waals surface area (Å²) in [7, 11) is -3.70. The first-order valence-electron chi connectivity index (χ1n) is 8.81. The lowest BCUT2D eigenvalue weighted by Gasteiger charge is -2.21. The fraction of sp³-hybridized carbons (Fsp3) is 0.100. The molecule has 3 rings (SSSR count). The van der Waals surface area contributed by atoms with Gasteiger partial charge in [-0.15, -0.1) is 0 Å². The molecule has 2 unspecified atom stereocenters.